The van der Waals surface area contributed by atoms with Gasteiger partial charge in [-0.25, -0.2) is 0 Å². The molecule has 1 saturated heterocycles. The minimum atomic E-state index is 0.728. The van der Waals surface area contributed by atoms with Gasteiger partial charge in [-0.05, 0) is 50.7 Å². The standard InChI is InChI=1S/C15H32N2/c1-6-15-7-8-17(11-15)14(5)13(4)10-16-9-12(2)3/h12-16H,6-11H2,1-5H3. The van der Waals surface area contributed by atoms with Crippen LogP contribution in [0.15, 0.2) is 0 Å². The van der Waals surface area contributed by atoms with E-state index in [9.17, 15) is 0 Å². The molecule has 3 unspecified atom stereocenters. The van der Waals surface area contributed by atoms with E-state index in [1.54, 1.807) is 0 Å². The maximum absolute atomic E-state index is 3.59. The predicted molar refractivity (Wildman–Crippen MR) is 76.3 cm³/mol. The number of hydrogen-bond acceptors (Lipinski definition) is 2. The lowest BCUT2D eigenvalue weighted by atomic mass is 10.0. The summed E-state index contributed by atoms with van der Waals surface area (Å²) in [6.07, 6.45) is 2.76. The topological polar surface area (TPSA) is 15.3 Å². The van der Waals surface area contributed by atoms with Gasteiger partial charge in [0.05, 0.1) is 0 Å². The van der Waals surface area contributed by atoms with Gasteiger partial charge in [-0.2, -0.15) is 0 Å². The normalized spacial score (nSPS) is 25.4. The van der Waals surface area contributed by atoms with Crippen molar-refractivity contribution in [3.63, 3.8) is 0 Å². The van der Waals surface area contributed by atoms with Crippen LogP contribution in [0.3, 0.4) is 0 Å². The summed E-state index contributed by atoms with van der Waals surface area (Å²) in [6.45, 7) is 16.6. The van der Waals surface area contributed by atoms with E-state index in [1.165, 1.54) is 25.9 Å². The second-order valence-corrected chi connectivity index (χ2v) is 6.33. The first-order valence-electron chi connectivity index (χ1n) is 7.49. The third kappa shape index (κ3) is 4.97. The summed E-state index contributed by atoms with van der Waals surface area (Å²) in [7, 11) is 0. The molecule has 102 valence electrons. The summed E-state index contributed by atoms with van der Waals surface area (Å²) >= 11 is 0. The first-order valence-corrected chi connectivity index (χ1v) is 7.49. The molecular formula is C15H32N2. The molecule has 2 heteroatoms. The molecular weight excluding hydrogens is 208 g/mol. The Morgan fingerprint density at radius 3 is 2.41 bits per heavy atom. The Morgan fingerprint density at radius 1 is 1.18 bits per heavy atom. The molecule has 1 N–H and O–H groups in total. The summed E-state index contributed by atoms with van der Waals surface area (Å²) in [5.41, 5.74) is 0. The molecule has 0 aromatic heterocycles. The lowest BCUT2D eigenvalue weighted by Crippen LogP contribution is -2.40. The van der Waals surface area contributed by atoms with Gasteiger partial charge in [0, 0.05) is 12.6 Å². The molecule has 1 aliphatic heterocycles. The Morgan fingerprint density at radius 2 is 1.88 bits per heavy atom. The van der Waals surface area contributed by atoms with Crippen molar-refractivity contribution < 1.29 is 0 Å². The van der Waals surface area contributed by atoms with Crippen molar-refractivity contribution in [2.24, 2.45) is 17.8 Å². The van der Waals surface area contributed by atoms with E-state index in [-0.39, 0.29) is 0 Å². The van der Waals surface area contributed by atoms with Crippen molar-refractivity contribution >= 4 is 0 Å². The van der Waals surface area contributed by atoms with Gasteiger partial charge in [0.1, 0.15) is 0 Å². The molecule has 3 atom stereocenters. The first kappa shape index (κ1) is 15.0. The number of hydrogen-bond donors (Lipinski definition) is 1. The fourth-order valence-electron chi connectivity index (χ4n) is 2.70. The van der Waals surface area contributed by atoms with Crippen LogP contribution in [-0.2, 0) is 0 Å². The molecule has 1 heterocycles. The predicted octanol–water partition coefficient (Wildman–Crippen LogP) is 2.99. The van der Waals surface area contributed by atoms with Gasteiger partial charge in [0.15, 0.2) is 0 Å². The molecule has 0 aliphatic carbocycles. The molecule has 0 spiro atoms. The molecule has 0 bridgehead atoms. The second kappa shape index (κ2) is 7.38. The average molecular weight is 240 g/mol. The highest BCUT2D eigenvalue weighted by Gasteiger charge is 2.27. The summed E-state index contributed by atoms with van der Waals surface area (Å²) < 4.78 is 0. The van der Waals surface area contributed by atoms with Crippen LogP contribution in [0.4, 0.5) is 0 Å². The van der Waals surface area contributed by atoms with Crippen molar-refractivity contribution in [2.75, 3.05) is 26.2 Å². The Bertz CT molecular complexity index is 203. The number of rotatable bonds is 7. The van der Waals surface area contributed by atoms with Gasteiger partial charge in [-0.3, -0.25) is 0 Å². The second-order valence-electron chi connectivity index (χ2n) is 6.33. The lowest BCUT2D eigenvalue weighted by molar-refractivity contribution is 0.188. The van der Waals surface area contributed by atoms with Crippen LogP contribution in [-0.4, -0.2) is 37.1 Å². The molecule has 0 saturated carbocycles. The van der Waals surface area contributed by atoms with Crippen LogP contribution in [0.1, 0.15) is 47.5 Å². The van der Waals surface area contributed by atoms with Gasteiger partial charge >= 0.3 is 0 Å². The zero-order chi connectivity index (χ0) is 12.8. The van der Waals surface area contributed by atoms with Crippen LogP contribution >= 0.6 is 0 Å². The Labute approximate surface area is 108 Å². The van der Waals surface area contributed by atoms with E-state index in [4.69, 9.17) is 0 Å². The van der Waals surface area contributed by atoms with E-state index in [2.05, 4.69) is 44.8 Å². The highest BCUT2D eigenvalue weighted by atomic mass is 15.2. The fraction of sp³-hybridized carbons (Fsp3) is 1.00. The van der Waals surface area contributed by atoms with Crippen molar-refractivity contribution in [3.8, 4) is 0 Å². The van der Waals surface area contributed by atoms with Gasteiger partial charge < -0.3 is 10.2 Å². The summed E-state index contributed by atoms with van der Waals surface area (Å²) in [5, 5.41) is 3.59. The molecule has 1 rings (SSSR count). The van der Waals surface area contributed by atoms with Crippen LogP contribution < -0.4 is 5.32 Å². The van der Waals surface area contributed by atoms with Crippen LogP contribution in [0.2, 0.25) is 0 Å². The van der Waals surface area contributed by atoms with Crippen molar-refractivity contribution in [1.29, 1.82) is 0 Å². The average Bonchev–Trinajstić information content (AvgIpc) is 2.75. The third-order valence-electron chi connectivity index (χ3n) is 4.31. The van der Waals surface area contributed by atoms with E-state index in [1.807, 2.05) is 0 Å². The van der Waals surface area contributed by atoms with Gasteiger partial charge in [0.2, 0.25) is 0 Å². The van der Waals surface area contributed by atoms with E-state index >= 15 is 0 Å². The Kier molecular flexibility index (Phi) is 6.50. The third-order valence-corrected chi connectivity index (χ3v) is 4.31. The van der Waals surface area contributed by atoms with Crippen molar-refractivity contribution in [2.45, 2.75) is 53.5 Å². The molecule has 0 radical (unpaired) electrons. The summed E-state index contributed by atoms with van der Waals surface area (Å²) in [6, 6.07) is 0.728. The molecule has 1 aliphatic rings. The largest absolute Gasteiger partial charge is 0.316 e. The lowest BCUT2D eigenvalue weighted by Gasteiger charge is -2.30. The highest BCUT2D eigenvalue weighted by Crippen LogP contribution is 2.23. The quantitative estimate of drug-likeness (QED) is 0.736. The number of nitrogens with zero attached hydrogens (tertiary/aromatic N) is 1. The number of likely N-dealkylation sites (tertiary alicyclic amines) is 1. The molecule has 0 aromatic rings. The number of nitrogens with one attached hydrogen (secondary N) is 1. The zero-order valence-corrected chi connectivity index (χ0v) is 12.5. The minimum absolute atomic E-state index is 0.728. The SMILES string of the molecule is CCC1CCN(C(C)C(C)CNCC(C)C)C1. The molecule has 0 aromatic carbocycles. The van der Waals surface area contributed by atoms with Gasteiger partial charge in [0.25, 0.3) is 0 Å². The summed E-state index contributed by atoms with van der Waals surface area (Å²) in [4.78, 5) is 2.69. The van der Waals surface area contributed by atoms with Gasteiger partial charge in [-0.1, -0.05) is 34.1 Å². The van der Waals surface area contributed by atoms with E-state index < -0.39 is 0 Å². The molecule has 17 heavy (non-hydrogen) atoms. The smallest absolute Gasteiger partial charge is 0.0105 e. The fourth-order valence-corrected chi connectivity index (χ4v) is 2.70. The van der Waals surface area contributed by atoms with E-state index in [0.717, 1.165) is 36.9 Å². The van der Waals surface area contributed by atoms with Crippen LogP contribution in [0.5, 0.6) is 0 Å². The van der Waals surface area contributed by atoms with Crippen LogP contribution in [0.25, 0.3) is 0 Å². The van der Waals surface area contributed by atoms with Crippen molar-refractivity contribution in [3.05, 3.63) is 0 Å². The molecule has 0 amide bonds. The highest BCUT2D eigenvalue weighted by molar-refractivity contribution is 4.82. The molecule has 1 fully saturated rings. The summed E-state index contributed by atoms with van der Waals surface area (Å²) in [5.74, 6) is 2.46. The Balaban J connectivity index is 2.24. The van der Waals surface area contributed by atoms with Crippen LogP contribution in [0, 0.1) is 17.8 Å². The monoisotopic (exact) mass is 240 g/mol. The van der Waals surface area contributed by atoms with Gasteiger partial charge in [-0.15, -0.1) is 0 Å². The minimum Gasteiger partial charge on any atom is -0.316 e. The maximum Gasteiger partial charge on any atom is 0.0105 e. The maximum atomic E-state index is 3.59. The molecule has 2 nitrogen and oxygen atoms in total. The van der Waals surface area contributed by atoms with E-state index in [0.29, 0.717) is 0 Å². The van der Waals surface area contributed by atoms with Crippen molar-refractivity contribution in [1.82, 2.24) is 10.2 Å². The Hall–Kier alpha value is -0.0800. The zero-order valence-electron chi connectivity index (χ0n) is 12.5. The first-order chi connectivity index (χ1) is 8.04.